The van der Waals surface area contributed by atoms with Crippen molar-refractivity contribution < 1.29 is 4.79 Å². The van der Waals surface area contributed by atoms with Crippen LogP contribution in [-0.2, 0) is 6.54 Å². The zero-order valence-corrected chi connectivity index (χ0v) is 16.1. The molecule has 1 aromatic heterocycles. The molecule has 136 valence electrons. The molecule has 0 saturated carbocycles. The lowest BCUT2D eigenvalue weighted by molar-refractivity contribution is 0.100. The van der Waals surface area contributed by atoms with E-state index < -0.39 is 5.91 Å². The number of primary amides is 1. The Morgan fingerprint density at radius 2 is 1.81 bits per heavy atom. The highest BCUT2D eigenvalue weighted by Gasteiger charge is 2.17. The summed E-state index contributed by atoms with van der Waals surface area (Å²) in [5.74, 6) is 0.0120. The summed E-state index contributed by atoms with van der Waals surface area (Å²) in [5.41, 5.74) is 10.7. The Kier molecular flexibility index (Phi) is 4.40. The molecule has 4 aromatic rings. The number of carbonyl (C=O) groups is 1. The van der Waals surface area contributed by atoms with E-state index in [0.29, 0.717) is 23.0 Å². The third-order valence-electron chi connectivity index (χ3n) is 5.08. The van der Waals surface area contributed by atoms with Crippen LogP contribution >= 0.6 is 11.6 Å². The Balaban J connectivity index is 2.05. The number of rotatable bonds is 4. The molecule has 1 amide bonds. The zero-order valence-electron chi connectivity index (χ0n) is 15.4. The van der Waals surface area contributed by atoms with E-state index >= 15 is 0 Å². The highest BCUT2D eigenvalue weighted by Crippen LogP contribution is 2.34. The molecule has 0 saturated heterocycles. The molecule has 4 heteroatoms. The maximum absolute atomic E-state index is 12.0. The summed E-state index contributed by atoms with van der Waals surface area (Å²) in [6.07, 6.45) is 0. The number of halogens is 1. The Hall–Kier alpha value is -2.78. The minimum atomic E-state index is -0.407. The van der Waals surface area contributed by atoms with Gasteiger partial charge in [0.2, 0.25) is 5.91 Å². The van der Waals surface area contributed by atoms with Crippen molar-refractivity contribution in [3.63, 3.8) is 0 Å². The van der Waals surface area contributed by atoms with Crippen molar-refractivity contribution in [2.24, 2.45) is 5.73 Å². The van der Waals surface area contributed by atoms with Gasteiger partial charge in [0.1, 0.15) is 0 Å². The quantitative estimate of drug-likeness (QED) is 0.486. The predicted molar refractivity (Wildman–Crippen MR) is 113 cm³/mol. The fourth-order valence-electron chi connectivity index (χ4n) is 3.71. The monoisotopic (exact) mass is 376 g/mol. The first-order valence-electron chi connectivity index (χ1n) is 9.05. The molecule has 2 N–H and O–H groups in total. The Morgan fingerprint density at radius 3 is 2.52 bits per heavy atom. The van der Waals surface area contributed by atoms with E-state index in [9.17, 15) is 4.79 Å². The van der Waals surface area contributed by atoms with Crippen LogP contribution in [0.2, 0.25) is 5.02 Å². The van der Waals surface area contributed by atoms with Gasteiger partial charge < -0.3 is 10.3 Å². The molecule has 0 bridgehead atoms. The Morgan fingerprint density at radius 1 is 1.04 bits per heavy atom. The molecule has 0 fully saturated rings. The van der Waals surface area contributed by atoms with Gasteiger partial charge in [0, 0.05) is 33.4 Å². The minimum Gasteiger partial charge on any atom is -0.366 e. The number of aromatic nitrogens is 1. The Bertz CT molecular complexity index is 1170. The van der Waals surface area contributed by atoms with Gasteiger partial charge in [-0.25, -0.2) is 0 Å². The molecule has 0 aliphatic heterocycles. The van der Waals surface area contributed by atoms with Crippen LogP contribution in [-0.4, -0.2) is 10.5 Å². The van der Waals surface area contributed by atoms with E-state index in [4.69, 9.17) is 17.3 Å². The molecule has 3 aromatic carbocycles. The zero-order chi connectivity index (χ0) is 19.1. The first-order chi connectivity index (χ1) is 13.0. The number of benzene rings is 3. The van der Waals surface area contributed by atoms with E-state index in [0.717, 1.165) is 27.4 Å². The van der Waals surface area contributed by atoms with Gasteiger partial charge in [-0.1, -0.05) is 55.8 Å². The molecule has 1 heterocycles. The summed E-state index contributed by atoms with van der Waals surface area (Å²) in [5, 5.41) is 2.68. The predicted octanol–water partition coefficient (Wildman–Crippen LogP) is 5.72. The Labute approximate surface area is 163 Å². The lowest BCUT2D eigenvalue weighted by Crippen LogP contribution is -2.11. The molecule has 0 spiro atoms. The molecule has 0 aliphatic carbocycles. The van der Waals surface area contributed by atoms with Gasteiger partial charge in [-0.15, -0.1) is 0 Å². The fraction of sp³-hybridized carbons (Fsp3) is 0.174. The summed E-state index contributed by atoms with van der Waals surface area (Å²) in [4.78, 5) is 12.0. The normalized spacial score (nSPS) is 11.6. The average molecular weight is 377 g/mol. The number of hydrogen-bond donors (Lipinski definition) is 1. The van der Waals surface area contributed by atoms with Gasteiger partial charge in [-0.2, -0.15) is 0 Å². The van der Waals surface area contributed by atoms with Crippen molar-refractivity contribution >= 4 is 39.3 Å². The van der Waals surface area contributed by atoms with Crippen molar-refractivity contribution in [3.05, 3.63) is 82.4 Å². The van der Waals surface area contributed by atoms with Gasteiger partial charge in [-0.05, 0) is 47.4 Å². The summed E-state index contributed by atoms with van der Waals surface area (Å²) >= 11 is 6.18. The van der Waals surface area contributed by atoms with Gasteiger partial charge in [-0.3, -0.25) is 4.79 Å². The van der Waals surface area contributed by atoms with Gasteiger partial charge in [0.05, 0.1) is 5.52 Å². The van der Waals surface area contributed by atoms with Gasteiger partial charge >= 0.3 is 0 Å². The van der Waals surface area contributed by atoms with Crippen LogP contribution in [0.1, 0.15) is 41.3 Å². The van der Waals surface area contributed by atoms with Crippen LogP contribution in [0.4, 0.5) is 0 Å². The maximum Gasteiger partial charge on any atom is 0.249 e. The number of carbonyl (C=O) groups excluding carboxylic acids is 1. The molecule has 0 unspecified atom stereocenters. The molecular formula is C23H21ClN2O. The first kappa shape index (κ1) is 17.6. The number of amides is 1. The van der Waals surface area contributed by atoms with Crippen molar-refractivity contribution in [3.8, 4) is 0 Å². The van der Waals surface area contributed by atoms with Crippen molar-refractivity contribution in [2.45, 2.75) is 26.3 Å². The largest absolute Gasteiger partial charge is 0.366 e. The van der Waals surface area contributed by atoms with Gasteiger partial charge in [0.15, 0.2) is 0 Å². The van der Waals surface area contributed by atoms with Crippen LogP contribution in [0, 0.1) is 0 Å². The van der Waals surface area contributed by atoms with Crippen molar-refractivity contribution in [1.29, 1.82) is 0 Å². The summed E-state index contributed by atoms with van der Waals surface area (Å²) in [6, 6.07) is 20.1. The molecular weight excluding hydrogens is 356 g/mol. The second-order valence-corrected chi connectivity index (χ2v) is 7.65. The van der Waals surface area contributed by atoms with Crippen LogP contribution in [0.5, 0.6) is 0 Å². The number of nitrogens with two attached hydrogens (primary N) is 1. The van der Waals surface area contributed by atoms with E-state index in [1.165, 1.54) is 5.56 Å². The third kappa shape index (κ3) is 3.08. The van der Waals surface area contributed by atoms with Crippen molar-refractivity contribution in [1.82, 2.24) is 4.57 Å². The standard InChI is InChI=1S/C23H21ClN2O/c1-14(2)16-9-10-18-21(12-16)26(13-15-5-3-6-17(24)11-15)20-8-4-7-19(22(18)20)23(25)27/h3-12,14H,13H2,1-2H3,(H2,25,27). The SMILES string of the molecule is CC(C)c1ccc2c3c(C(N)=O)cccc3n(Cc3cccc(Cl)c3)c2c1. The molecule has 0 aliphatic rings. The van der Waals surface area contributed by atoms with E-state index in [-0.39, 0.29) is 0 Å². The van der Waals surface area contributed by atoms with Crippen LogP contribution in [0.15, 0.2) is 60.7 Å². The molecule has 0 radical (unpaired) electrons. The molecule has 0 atom stereocenters. The molecule has 27 heavy (non-hydrogen) atoms. The van der Waals surface area contributed by atoms with Crippen LogP contribution in [0.25, 0.3) is 21.8 Å². The molecule has 3 nitrogen and oxygen atoms in total. The van der Waals surface area contributed by atoms with Crippen molar-refractivity contribution in [2.75, 3.05) is 0 Å². The summed E-state index contributed by atoms with van der Waals surface area (Å²) < 4.78 is 2.24. The first-order valence-corrected chi connectivity index (χ1v) is 9.42. The van der Waals surface area contributed by atoms with Gasteiger partial charge in [0.25, 0.3) is 0 Å². The number of hydrogen-bond acceptors (Lipinski definition) is 1. The molecule has 4 rings (SSSR count). The highest BCUT2D eigenvalue weighted by atomic mass is 35.5. The van der Waals surface area contributed by atoms with E-state index in [2.05, 4.69) is 42.7 Å². The maximum atomic E-state index is 12.0. The minimum absolute atomic E-state index is 0.407. The second-order valence-electron chi connectivity index (χ2n) is 7.21. The topological polar surface area (TPSA) is 48.0 Å². The second kappa shape index (κ2) is 6.75. The fourth-order valence-corrected chi connectivity index (χ4v) is 3.93. The third-order valence-corrected chi connectivity index (χ3v) is 5.31. The lowest BCUT2D eigenvalue weighted by atomic mass is 10.00. The highest BCUT2D eigenvalue weighted by molar-refractivity contribution is 6.30. The smallest absolute Gasteiger partial charge is 0.249 e. The van der Waals surface area contributed by atoms with Crippen LogP contribution < -0.4 is 5.73 Å². The summed E-state index contributed by atoms with van der Waals surface area (Å²) in [7, 11) is 0. The number of nitrogens with zero attached hydrogens (tertiary/aromatic N) is 1. The van der Waals surface area contributed by atoms with E-state index in [1.54, 1.807) is 6.07 Å². The number of fused-ring (bicyclic) bond motifs is 3. The average Bonchev–Trinajstić information content (AvgIpc) is 2.95. The lowest BCUT2D eigenvalue weighted by Gasteiger charge is -2.10. The van der Waals surface area contributed by atoms with Crippen LogP contribution in [0.3, 0.4) is 0 Å². The summed E-state index contributed by atoms with van der Waals surface area (Å²) in [6.45, 7) is 5.03. The van der Waals surface area contributed by atoms with E-state index in [1.807, 2.05) is 30.3 Å².